The van der Waals surface area contributed by atoms with Gasteiger partial charge < -0.3 is 10.1 Å². The van der Waals surface area contributed by atoms with Crippen molar-refractivity contribution in [2.24, 2.45) is 0 Å². The zero-order valence-electron chi connectivity index (χ0n) is 12.3. The predicted molar refractivity (Wildman–Crippen MR) is 84.9 cm³/mol. The summed E-state index contributed by atoms with van der Waals surface area (Å²) < 4.78 is 6.04. The summed E-state index contributed by atoms with van der Waals surface area (Å²) in [4.78, 5) is 0. The molecule has 2 nitrogen and oxygen atoms in total. The van der Waals surface area contributed by atoms with Gasteiger partial charge >= 0.3 is 0 Å². The van der Waals surface area contributed by atoms with Crippen LogP contribution in [0.15, 0.2) is 11.6 Å². The third kappa shape index (κ3) is 5.13. The Balaban J connectivity index is 2.00. The van der Waals surface area contributed by atoms with Gasteiger partial charge in [0.1, 0.15) is 0 Å². The van der Waals surface area contributed by atoms with Crippen LogP contribution < -0.4 is 5.32 Å². The summed E-state index contributed by atoms with van der Waals surface area (Å²) in [7, 11) is 0. The Hall–Kier alpha value is 0.01000. The fraction of sp³-hybridized carbons (Fsp3) is 0.875. The van der Waals surface area contributed by atoms with Crippen molar-refractivity contribution >= 4 is 11.8 Å². The highest BCUT2D eigenvalue weighted by atomic mass is 32.2. The van der Waals surface area contributed by atoms with E-state index < -0.39 is 0 Å². The Bertz CT molecular complexity index is 274. The molecule has 2 rings (SSSR count). The molecule has 110 valence electrons. The molecule has 1 saturated heterocycles. The minimum absolute atomic E-state index is 0.385. The number of hydrogen-bond acceptors (Lipinski definition) is 3. The lowest BCUT2D eigenvalue weighted by Crippen LogP contribution is -2.46. The van der Waals surface area contributed by atoms with E-state index in [4.69, 9.17) is 4.74 Å². The van der Waals surface area contributed by atoms with E-state index in [0.717, 1.165) is 24.7 Å². The highest BCUT2D eigenvalue weighted by molar-refractivity contribution is 7.99. The van der Waals surface area contributed by atoms with Crippen molar-refractivity contribution in [3.63, 3.8) is 0 Å². The summed E-state index contributed by atoms with van der Waals surface area (Å²) in [5, 5.41) is 3.75. The Morgan fingerprint density at radius 3 is 3.05 bits per heavy atom. The summed E-state index contributed by atoms with van der Waals surface area (Å²) in [6, 6.07) is 0.464. The van der Waals surface area contributed by atoms with Crippen LogP contribution >= 0.6 is 11.8 Å². The molecule has 19 heavy (non-hydrogen) atoms. The molecule has 1 aliphatic carbocycles. The van der Waals surface area contributed by atoms with E-state index in [-0.39, 0.29) is 0 Å². The topological polar surface area (TPSA) is 21.3 Å². The molecular weight excluding hydrogens is 254 g/mol. The molecule has 2 aliphatic rings. The molecule has 0 amide bonds. The number of ether oxygens (including phenoxy) is 1. The second-order valence-electron chi connectivity index (χ2n) is 5.65. The number of nitrogens with one attached hydrogen (secondary N) is 1. The largest absolute Gasteiger partial charge is 0.375 e. The molecule has 1 aliphatic heterocycles. The third-order valence-electron chi connectivity index (χ3n) is 4.05. The highest BCUT2D eigenvalue weighted by Gasteiger charge is 2.27. The Morgan fingerprint density at radius 1 is 1.37 bits per heavy atom. The van der Waals surface area contributed by atoms with Gasteiger partial charge in [0, 0.05) is 11.5 Å². The van der Waals surface area contributed by atoms with E-state index in [1.165, 1.54) is 44.9 Å². The van der Waals surface area contributed by atoms with E-state index in [2.05, 4.69) is 18.3 Å². The number of allylic oxidation sites excluding steroid dienone is 1. The molecule has 1 heterocycles. The summed E-state index contributed by atoms with van der Waals surface area (Å²) in [5.41, 5.74) is 1.63. The van der Waals surface area contributed by atoms with Crippen molar-refractivity contribution in [3.05, 3.63) is 11.6 Å². The smallest absolute Gasteiger partial charge is 0.0857 e. The lowest BCUT2D eigenvalue weighted by Gasteiger charge is -2.33. The van der Waals surface area contributed by atoms with Crippen LogP contribution in [0, 0.1) is 0 Å². The zero-order valence-corrected chi connectivity index (χ0v) is 13.1. The van der Waals surface area contributed by atoms with E-state index >= 15 is 0 Å². The predicted octanol–water partition coefficient (Wildman–Crippen LogP) is 3.77. The fourth-order valence-corrected chi connectivity index (χ4v) is 3.90. The average molecular weight is 283 g/mol. The van der Waals surface area contributed by atoms with Crippen molar-refractivity contribution in [2.45, 2.75) is 64.0 Å². The maximum absolute atomic E-state index is 6.04. The standard InChI is InChI=1S/C16H29NOS/c1-2-10-17-16(15-13-19-12-11-18-15)14-8-6-4-3-5-7-9-14/h8,15-17H,2-7,9-13H2,1H3. The van der Waals surface area contributed by atoms with Crippen LogP contribution in [0.3, 0.4) is 0 Å². The van der Waals surface area contributed by atoms with Gasteiger partial charge in [-0.1, -0.05) is 31.4 Å². The van der Waals surface area contributed by atoms with Gasteiger partial charge in [0.25, 0.3) is 0 Å². The van der Waals surface area contributed by atoms with E-state index in [0.29, 0.717) is 12.1 Å². The molecular formula is C16H29NOS. The summed E-state index contributed by atoms with van der Waals surface area (Å²) in [6.07, 6.45) is 12.2. The molecule has 0 radical (unpaired) electrons. The molecule has 1 fully saturated rings. The third-order valence-corrected chi connectivity index (χ3v) is 5.07. The van der Waals surface area contributed by atoms with Crippen LogP contribution in [0.2, 0.25) is 0 Å². The zero-order chi connectivity index (χ0) is 13.3. The highest BCUT2D eigenvalue weighted by Crippen LogP contribution is 2.25. The van der Waals surface area contributed by atoms with E-state index in [9.17, 15) is 0 Å². The Morgan fingerprint density at radius 2 is 2.26 bits per heavy atom. The van der Waals surface area contributed by atoms with Gasteiger partial charge in [-0.15, -0.1) is 0 Å². The first-order valence-electron chi connectivity index (χ1n) is 8.03. The van der Waals surface area contributed by atoms with Gasteiger partial charge in [-0.2, -0.15) is 11.8 Å². The summed E-state index contributed by atoms with van der Waals surface area (Å²) in [6.45, 7) is 4.27. The second kappa shape index (κ2) is 9.04. The second-order valence-corrected chi connectivity index (χ2v) is 6.80. The van der Waals surface area contributed by atoms with Crippen LogP contribution in [0.4, 0.5) is 0 Å². The Labute approximate surface area is 122 Å². The minimum atomic E-state index is 0.385. The molecule has 2 unspecified atom stereocenters. The fourth-order valence-electron chi connectivity index (χ4n) is 3.00. The van der Waals surface area contributed by atoms with Gasteiger partial charge in [-0.3, -0.25) is 0 Å². The van der Waals surface area contributed by atoms with Crippen LogP contribution in [0.1, 0.15) is 51.9 Å². The number of thioether (sulfide) groups is 1. The van der Waals surface area contributed by atoms with Gasteiger partial charge in [0.15, 0.2) is 0 Å². The Kier molecular flexibility index (Phi) is 7.33. The molecule has 0 saturated carbocycles. The average Bonchev–Trinajstić information content (AvgIpc) is 2.42. The normalized spacial score (nSPS) is 27.2. The maximum atomic E-state index is 6.04. The number of rotatable bonds is 5. The summed E-state index contributed by atoms with van der Waals surface area (Å²) in [5.74, 6) is 2.31. The first-order valence-corrected chi connectivity index (χ1v) is 9.19. The van der Waals surface area contributed by atoms with Crippen molar-refractivity contribution < 1.29 is 4.74 Å². The number of hydrogen-bond donors (Lipinski definition) is 1. The quantitative estimate of drug-likeness (QED) is 0.776. The monoisotopic (exact) mass is 283 g/mol. The van der Waals surface area contributed by atoms with Crippen LogP contribution in [0.25, 0.3) is 0 Å². The lowest BCUT2D eigenvalue weighted by molar-refractivity contribution is 0.0551. The van der Waals surface area contributed by atoms with Gasteiger partial charge in [0.05, 0.1) is 18.8 Å². The molecule has 0 spiro atoms. The van der Waals surface area contributed by atoms with Crippen LogP contribution in [-0.2, 0) is 4.74 Å². The molecule has 0 bridgehead atoms. The van der Waals surface area contributed by atoms with Crippen LogP contribution in [0.5, 0.6) is 0 Å². The van der Waals surface area contributed by atoms with Crippen molar-refractivity contribution in [2.75, 3.05) is 24.7 Å². The minimum Gasteiger partial charge on any atom is -0.375 e. The van der Waals surface area contributed by atoms with Crippen molar-refractivity contribution in [1.29, 1.82) is 0 Å². The first kappa shape index (κ1) is 15.4. The van der Waals surface area contributed by atoms with Crippen molar-refractivity contribution in [3.8, 4) is 0 Å². The summed E-state index contributed by atoms with van der Waals surface area (Å²) >= 11 is 2.05. The van der Waals surface area contributed by atoms with Crippen molar-refractivity contribution in [1.82, 2.24) is 5.32 Å². The van der Waals surface area contributed by atoms with Gasteiger partial charge in [0.2, 0.25) is 0 Å². The molecule has 1 N–H and O–H groups in total. The molecule has 0 aromatic carbocycles. The molecule has 2 atom stereocenters. The first-order chi connectivity index (χ1) is 9.42. The lowest BCUT2D eigenvalue weighted by atomic mass is 9.92. The van der Waals surface area contributed by atoms with E-state index in [1.54, 1.807) is 5.57 Å². The molecule has 3 heteroatoms. The van der Waals surface area contributed by atoms with Crippen LogP contribution in [-0.4, -0.2) is 36.8 Å². The molecule has 0 aromatic heterocycles. The van der Waals surface area contributed by atoms with Gasteiger partial charge in [-0.25, -0.2) is 0 Å². The maximum Gasteiger partial charge on any atom is 0.0857 e. The van der Waals surface area contributed by atoms with Gasteiger partial charge in [-0.05, 0) is 38.6 Å². The molecule has 0 aromatic rings. The van der Waals surface area contributed by atoms with E-state index in [1.807, 2.05) is 11.8 Å². The SMILES string of the molecule is CCCNC(C1=CCCCCCC1)C1CSCCO1.